The predicted molar refractivity (Wildman–Crippen MR) is 105 cm³/mol. The minimum atomic E-state index is -4.90. The summed E-state index contributed by atoms with van der Waals surface area (Å²) in [4.78, 5) is 0. The number of nitrogens with one attached hydrogen (secondary N) is 2. The molecule has 3 rings (SSSR count). The monoisotopic (exact) mass is 483 g/mol. The van der Waals surface area contributed by atoms with Gasteiger partial charge in [0.2, 0.25) is 0 Å². The quantitative estimate of drug-likeness (QED) is 0.448. The lowest BCUT2D eigenvalue weighted by Crippen LogP contribution is -2.57. The van der Waals surface area contributed by atoms with Crippen LogP contribution >= 0.6 is 11.6 Å². The Balaban J connectivity index is 1.83. The van der Waals surface area contributed by atoms with Gasteiger partial charge < -0.3 is 15.2 Å². The van der Waals surface area contributed by atoms with Crippen molar-refractivity contribution in [1.82, 2.24) is 9.03 Å². The number of hydrogen-bond donors (Lipinski definition) is 3. The number of aliphatic hydroxyl groups is 1. The van der Waals surface area contributed by atoms with Crippen LogP contribution in [-0.2, 0) is 10.2 Å². The number of hydrogen-bond acceptors (Lipinski definition) is 5. The van der Waals surface area contributed by atoms with Gasteiger partial charge in [0.1, 0.15) is 17.8 Å². The van der Waals surface area contributed by atoms with Gasteiger partial charge in [0, 0.05) is 18.8 Å². The number of halogens is 5. The van der Waals surface area contributed by atoms with Crippen LogP contribution in [0.4, 0.5) is 23.2 Å². The normalized spacial score (nSPS) is 22.7. The number of aliphatic hydroxyl groups excluding tert-OH is 1. The number of alkyl halides is 3. The maximum absolute atomic E-state index is 13.3. The van der Waals surface area contributed by atoms with Crippen LogP contribution < -0.4 is 14.8 Å². The summed E-state index contributed by atoms with van der Waals surface area (Å²) in [5, 5.41) is 13.1. The average molecular weight is 484 g/mol. The number of likely N-dealkylation sites (N-methyl/N-ethyl adjacent to an activating group) is 1. The highest BCUT2D eigenvalue weighted by Gasteiger charge is 2.41. The molecular formula is C18H18ClF4N3O4S. The molecule has 13 heteroatoms. The van der Waals surface area contributed by atoms with Gasteiger partial charge in [-0.3, -0.25) is 0 Å². The molecule has 170 valence electrons. The maximum Gasteiger partial charge on any atom is 0.573 e. The van der Waals surface area contributed by atoms with E-state index >= 15 is 0 Å². The van der Waals surface area contributed by atoms with E-state index in [1.165, 1.54) is 31.3 Å². The van der Waals surface area contributed by atoms with Crippen LogP contribution in [0.2, 0.25) is 5.02 Å². The molecule has 1 unspecified atom stereocenters. The van der Waals surface area contributed by atoms with Crippen molar-refractivity contribution in [2.45, 2.75) is 31.1 Å². The zero-order valence-electron chi connectivity index (χ0n) is 15.9. The van der Waals surface area contributed by atoms with Gasteiger partial charge in [-0.05, 0) is 42.3 Å². The van der Waals surface area contributed by atoms with E-state index in [1.807, 2.05) is 0 Å². The molecule has 2 aromatic rings. The number of rotatable bonds is 5. The van der Waals surface area contributed by atoms with Crippen molar-refractivity contribution in [3.63, 3.8) is 0 Å². The summed E-state index contributed by atoms with van der Waals surface area (Å²) < 4.78 is 83.1. The average Bonchev–Trinajstić information content (AvgIpc) is 2.65. The van der Waals surface area contributed by atoms with E-state index in [1.54, 1.807) is 0 Å². The van der Waals surface area contributed by atoms with Gasteiger partial charge in [-0.1, -0.05) is 23.7 Å². The SMILES string of the molecule is CN1[C@@H](C(O)Nc2ccc(F)c(Cl)c2)C[C@@H](c2cccc(OC(F)(F)F)c2)NS1(=O)=O. The van der Waals surface area contributed by atoms with Crippen molar-refractivity contribution >= 4 is 27.5 Å². The number of anilines is 1. The Hall–Kier alpha value is -2.12. The van der Waals surface area contributed by atoms with Crippen molar-refractivity contribution in [2.75, 3.05) is 12.4 Å². The molecule has 0 aromatic heterocycles. The molecule has 1 saturated heterocycles. The second kappa shape index (κ2) is 8.79. The van der Waals surface area contributed by atoms with Crippen LogP contribution in [0.5, 0.6) is 5.75 Å². The van der Waals surface area contributed by atoms with E-state index in [0.717, 1.165) is 22.5 Å². The summed E-state index contributed by atoms with van der Waals surface area (Å²) in [5.74, 6) is -1.16. The molecular weight excluding hydrogens is 466 g/mol. The Morgan fingerprint density at radius 1 is 1.29 bits per heavy atom. The van der Waals surface area contributed by atoms with Gasteiger partial charge in [0.25, 0.3) is 10.2 Å². The maximum atomic E-state index is 13.3. The fraction of sp³-hybridized carbons (Fsp3) is 0.333. The summed E-state index contributed by atoms with van der Waals surface area (Å²) in [6.07, 6.45) is -6.32. The second-order valence-electron chi connectivity index (χ2n) is 6.83. The van der Waals surface area contributed by atoms with Crippen molar-refractivity contribution in [3.8, 4) is 5.75 Å². The van der Waals surface area contributed by atoms with Crippen LogP contribution in [0, 0.1) is 5.82 Å². The number of ether oxygens (including phenoxy) is 1. The highest BCUT2D eigenvalue weighted by atomic mass is 35.5. The van der Waals surface area contributed by atoms with E-state index in [4.69, 9.17) is 11.6 Å². The van der Waals surface area contributed by atoms with Gasteiger partial charge in [0.05, 0.1) is 11.1 Å². The fourth-order valence-electron chi connectivity index (χ4n) is 3.19. The van der Waals surface area contributed by atoms with Gasteiger partial charge in [0.15, 0.2) is 0 Å². The van der Waals surface area contributed by atoms with E-state index in [2.05, 4.69) is 14.8 Å². The Bertz CT molecular complexity index is 1050. The minimum absolute atomic E-state index is 0.00823. The van der Waals surface area contributed by atoms with Gasteiger partial charge in [-0.2, -0.15) is 17.4 Å². The highest BCUT2D eigenvalue weighted by Crippen LogP contribution is 2.32. The molecule has 0 radical (unpaired) electrons. The lowest BCUT2D eigenvalue weighted by atomic mass is 9.98. The molecule has 0 amide bonds. The Morgan fingerprint density at radius 3 is 2.65 bits per heavy atom. The lowest BCUT2D eigenvalue weighted by Gasteiger charge is -2.39. The van der Waals surface area contributed by atoms with Crippen LogP contribution in [0.25, 0.3) is 0 Å². The number of nitrogens with zero attached hydrogens (tertiary/aromatic N) is 1. The Kier molecular flexibility index (Phi) is 6.67. The number of benzene rings is 2. The molecule has 7 nitrogen and oxygen atoms in total. The molecule has 2 aromatic carbocycles. The highest BCUT2D eigenvalue weighted by molar-refractivity contribution is 7.87. The molecule has 3 N–H and O–H groups in total. The van der Waals surface area contributed by atoms with Gasteiger partial charge in [-0.25, -0.2) is 4.39 Å². The Labute approximate surface area is 180 Å². The second-order valence-corrected chi connectivity index (χ2v) is 9.00. The largest absolute Gasteiger partial charge is 0.573 e. The standard InChI is InChI=1S/C18H18ClF4N3O4S/c1-26-16(17(27)24-11-5-6-14(20)13(19)8-11)9-15(25-31(26,28)29)10-3-2-4-12(7-10)30-18(21,22)23/h2-8,15-17,24-25,27H,9H2,1H3/t15-,16+,17?/m0/s1. The third-order valence-electron chi connectivity index (χ3n) is 4.71. The van der Waals surface area contributed by atoms with Crippen LogP contribution in [-0.4, -0.2) is 43.5 Å². The fourth-order valence-corrected chi connectivity index (χ4v) is 4.69. The molecule has 3 atom stereocenters. The molecule has 0 bridgehead atoms. The summed E-state index contributed by atoms with van der Waals surface area (Å²) in [5.41, 5.74) is 0.473. The van der Waals surface area contributed by atoms with Crippen LogP contribution in [0.15, 0.2) is 42.5 Å². The van der Waals surface area contributed by atoms with E-state index in [9.17, 15) is 31.1 Å². The zero-order chi connectivity index (χ0) is 23.0. The first kappa shape index (κ1) is 23.5. The molecule has 1 aliphatic heterocycles. The smallest absolute Gasteiger partial charge is 0.406 e. The van der Waals surface area contributed by atoms with Crippen LogP contribution in [0.3, 0.4) is 0 Å². The van der Waals surface area contributed by atoms with Crippen molar-refractivity contribution in [1.29, 1.82) is 0 Å². The van der Waals surface area contributed by atoms with Gasteiger partial charge in [-0.15, -0.1) is 13.2 Å². The first-order valence-electron chi connectivity index (χ1n) is 8.86. The predicted octanol–water partition coefficient (Wildman–Crippen LogP) is 3.39. The third kappa shape index (κ3) is 5.77. The summed E-state index contributed by atoms with van der Waals surface area (Å²) >= 11 is 5.72. The van der Waals surface area contributed by atoms with E-state index in [0.29, 0.717) is 0 Å². The van der Waals surface area contributed by atoms with Crippen molar-refractivity contribution in [3.05, 3.63) is 58.9 Å². The Morgan fingerprint density at radius 2 is 2.00 bits per heavy atom. The molecule has 1 heterocycles. The van der Waals surface area contributed by atoms with Crippen molar-refractivity contribution < 1.29 is 35.8 Å². The minimum Gasteiger partial charge on any atom is -0.406 e. The van der Waals surface area contributed by atoms with Crippen LogP contribution in [0.1, 0.15) is 18.0 Å². The summed E-state index contributed by atoms with van der Waals surface area (Å²) in [7, 11) is -2.83. The zero-order valence-corrected chi connectivity index (χ0v) is 17.5. The molecule has 0 saturated carbocycles. The molecule has 1 aliphatic rings. The molecule has 0 spiro atoms. The van der Waals surface area contributed by atoms with Gasteiger partial charge >= 0.3 is 6.36 Å². The van der Waals surface area contributed by atoms with E-state index in [-0.39, 0.29) is 22.7 Å². The topological polar surface area (TPSA) is 90.9 Å². The first-order chi connectivity index (χ1) is 14.4. The summed E-state index contributed by atoms with van der Waals surface area (Å²) in [6.45, 7) is 0. The lowest BCUT2D eigenvalue weighted by molar-refractivity contribution is -0.274. The van der Waals surface area contributed by atoms with Crippen molar-refractivity contribution in [2.24, 2.45) is 0 Å². The third-order valence-corrected chi connectivity index (χ3v) is 6.61. The molecule has 1 fully saturated rings. The van der Waals surface area contributed by atoms with E-state index < -0.39 is 46.5 Å². The molecule has 0 aliphatic carbocycles. The summed E-state index contributed by atoms with van der Waals surface area (Å²) in [6, 6.07) is 6.58. The molecule has 31 heavy (non-hydrogen) atoms. The first-order valence-corrected chi connectivity index (χ1v) is 10.7.